The Bertz CT molecular complexity index is 1240. The predicted octanol–water partition coefficient (Wildman–Crippen LogP) is 5.65. The molecule has 0 saturated heterocycles. The first-order valence-electron chi connectivity index (χ1n) is 9.97. The smallest absolute Gasteiger partial charge is 0.337 e. The molecule has 0 bridgehead atoms. The number of carbonyl (C=O) groups excluding carboxylic acids is 1. The van der Waals surface area contributed by atoms with Crippen LogP contribution in [0.2, 0.25) is 0 Å². The highest BCUT2D eigenvalue weighted by molar-refractivity contribution is 7.09. The lowest BCUT2D eigenvalue weighted by molar-refractivity contribution is -0.165. The number of aryl methyl sites for hydroxylation is 2. The van der Waals surface area contributed by atoms with Crippen molar-refractivity contribution < 1.29 is 27.8 Å². The Hall–Kier alpha value is -3.73. The van der Waals surface area contributed by atoms with Crippen LogP contribution in [-0.2, 0) is 29.3 Å². The highest BCUT2D eigenvalue weighted by Gasteiger charge is 2.24. The molecule has 2 aromatic carbocycles. The fourth-order valence-electron chi connectivity index (χ4n) is 3.04. The van der Waals surface area contributed by atoms with Gasteiger partial charge in [0.25, 0.3) is 5.92 Å². The maximum Gasteiger partial charge on any atom is 0.337 e. The molecule has 0 unspecified atom stereocenters. The van der Waals surface area contributed by atoms with Gasteiger partial charge in [-0.1, -0.05) is 23.8 Å². The molecule has 7 nitrogen and oxygen atoms in total. The van der Waals surface area contributed by atoms with E-state index in [1.165, 1.54) is 23.7 Å². The molecule has 4 aromatic rings. The van der Waals surface area contributed by atoms with Gasteiger partial charge in [0.15, 0.2) is 5.82 Å². The third kappa shape index (κ3) is 6.19. The molecule has 0 radical (unpaired) electrons. The van der Waals surface area contributed by atoms with Crippen molar-refractivity contribution in [2.45, 2.75) is 26.4 Å². The summed E-state index contributed by atoms with van der Waals surface area (Å²) in [5.74, 6) is -1.70. The van der Waals surface area contributed by atoms with E-state index in [9.17, 15) is 13.3 Å². The number of rotatable bonds is 7. The molecule has 2 aromatic heterocycles. The van der Waals surface area contributed by atoms with Crippen molar-refractivity contribution in [1.82, 2.24) is 19.1 Å². The molecule has 34 heavy (non-hydrogen) atoms. The summed E-state index contributed by atoms with van der Waals surface area (Å²) in [6, 6.07) is 13.9. The van der Waals surface area contributed by atoms with Gasteiger partial charge in [-0.2, -0.15) is 9.47 Å². The Morgan fingerprint density at radius 3 is 2.50 bits per heavy atom. The molecule has 11 heteroatoms. The van der Waals surface area contributed by atoms with E-state index in [2.05, 4.69) is 19.4 Å². The minimum absolute atomic E-state index is 0.0476. The fourth-order valence-corrected chi connectivity index (χ4v) is 3.76. The highest BCUT2D eigenvalue weighted by atomic mass is 32.1. The van der Waals surface area contributed by atoms with Gasteiger partial charge < -0.3 is 4.74 Å². The molecule has 178 valence electrons. The Kier molecular flexibility index (Phi) is 8.00. The van der Waals surface area contributed by atoms with Crippen LogP contribution in [0.4, 0.5) is 13.3 Å². The van der Waals surface area contributed by atoms with Gasteiger partial charge in [0.2, 0.25) is 0 Å². The van der Waals surface area contributed by atoms with Gasteiger partial charge in [0.1, 0.15) is 17.4 Å². The van der Waals surface area contributed by atoms with Crippen LogP contribution in [0.5, 0.6) is 5.75 Å². The number of ether oxygens (including phenoxy) is 1. The third-order valence-corrected chi connectivity index (χ3v) is 5.52. The SMILES string of the molecule is Cc1cccc(-c2nsc(-c3cnn(C)c3COc3ccc(C(C)(F)F)cc3)n2)c1.O=COF. The molecule has 0 aliphatic rings. The van der Waals surface area contributed by atoms with Gasteiger partial charge in [0.05, 0.1) is 17.5 Å². The number of nitrogens with zero attached hydrogens (tertiary/aromatic N) is 4. The maximum atomic E-state index is 13.4. The van der Waals surface area contributed by atoms with Crippen LogP contribution in [0.1, 0.15) is 23.7 Å². The van der Waals surface area contributed by atoms with E-state index in [0.29, 0.717) is 11.6 Å². The lowest BCUT2D eigenvalue weighted by atomic mass is 10.1. The first-order chi connectivity index (χ1) is 16.2. The van der Waals surface area contributed by atoms with Crippen molar-refractivity contribution in [1.29, 1.82) is 0 Å². The Labute approximate surface area is 197 Å². The van der Waals surface area contributed by atoms with Crippen LogP contribution in [0.25, 0.3) is 22.0 Å². The van der Waals surface area contributed by atoms with Gasteiger partial charge in [-0.05, 0) is 48.8 Å². The summed E-state index contributed by atoms with van der Waals surface area (Å²) >= 11 is 1.30. The van der Waals surface area contributed by atoms with E-state index in [4.69, 9.17) is 9.53 Å². The maximum absolute atomic E-state index is 13.4. The number of alkyl halides is 2. The normalized spacial score (nSPS) is 10.9. The zero-order valence-corrected chi connectivity index (χ0v) is 19.4. The average molecular weight is 491 g/mol. The van der Waals surface area contributed by atoms with Crippen molar-refractivity contribution in [3.8, 4) is 27.7 Å². The zero-order chi connectivity index (χ0) is 24.7. The Morgan fingerprint density at radius 1 is 1.18 bits per heavy atom. The zero-order valence-electron chi connectivity index (χ0n) is 18.5. The van der Waals surface area contributed by atoms with Crippen molar-refractivity contribution in [3.05, 3.63) is 71.5 Å². The molecular weight excluding hydrogens is 469 g/mol. The molecule has 0 aliphatic carbocycles. The lowest BCUT2D eigenvalue weighted by Gasteiger charge is -2.12. The van der Waals surface area contributed by atoms with E-state index in [1.807, 2.05) is 38.2 Å². The van der Waals surface area contributed by atoms with E-state index < -0.39 is 5.92 Å². The van der Waals surface area contributed by atoms with Gasteiger partial charge in [-0.15, -0.1) is 0 Å². The quantitative estimate of drug-likeness (QED) is 0.312. The Balaban J connectivity index is 0.000000751. The Morgan fingerprint density at radius 2 is 1.88 bits per heavy atom. The summed E-state index contributed by atoms with van der Waals surface area (Å²) in [6.45, 7) is 2.84. The second-order valence-corrected chi connectivity index (χ2v) is 8.06. The summed E-state index contributed by atoms with van der Waals surface area (Å²) in [5.41, 5.74) is 3.73. The number of halogens is 3. The number of benzene rings is 2. The topological polar surface area (TPSA) is 79.1 Å². The van der Waals surface area contributed by atoms with Crippen LogP contribution < -0.4 is 4.74 Å². The molecule has 0 aliphatic heterocycles. The molecule has 0 fully saturated rings. The largest absolute Gasteiger partial charge is 0.487 e. The summed E-state index contributed by atoms with van der Waals surface area (Å²) in [6.07, 6.45) is 1.74. The van der Waals surface area contributed by atoms with E-state index in [0.717, 1.165) is 34.3 Å². The molecule has 2 heterocycles. The molecule has 0 spiro atoms. The van der Waals surface area contributed by atoms with Crippen molar-refractivity contribution in [2.24, 2.45) is 7.05 Å². The molecule has 0 saturated carbocycles. The highest BCUT2D eigenvalue weighted by Crippen LogP contribution is 2.31. The molecule has 0 N–H and O–H groups in total. The lowest BCUT2D eigenvalue weighted by Crippen LogP contribution is -2.07. The molecule has 0 amide bonds. The summed E-state index contributed by atoms with van der Waals surface area (Å²) in [4.78, 5) is 15.6. The number of hydrogen-bond acceptors (Lipinski definition) is 7. The summed E-state index contributed by atoms with van der Waals surface area (Å²) in [7, 11) is 1.82. The standard InChI is InChI=1S/C22H20F2N4OS.CHFO2/c1-14-5-4-6-15(11-14)20-26-21(30-27-20)18-12-25-28(3)19(18)13-29-17-9-7-16(8-10-17)22(2,23)24;2-4-1-3/h4-12H,13H2,1-3H3;1H. The minimum Gasteiger partial charge on any atom is -0.487 e. The second-order valence-electron chi connectivity index (χ2n) is 7.31. The minimum atomic E-state index is -2.87. The third-order valence-electron chi connectivity index (χ3n) is 4.77. The molecule has 4 rings (SSSR count). The number of hydrogen-bond donors (Lipinski definition) is 0. The first kappa shape index (κ1) is 24.9. The summed E-state index contributed by atoms with van der Waals surface area (Å²) in [5, 5.41) is 5.07. The van der Waals surface area contributed by atoms with Crippen LogP contribution in [0, 0.1) is 6.92 Å². The summed E-state index contributed by atoms with van der Waals surface area (Å²) < 4.78 is 48.6. The fraction of sp³-hybridized carbons (Fsp3) is 0.217. The first-order valence-corrected chi connectivity index (χ1v) is 10.7. The second kappa shape index (κ2) is 10.9. The van der Waals surface area contributed by atoms with Crippen molar-refractivity contribution in [2.75, 3.05) is 0 Å². The van der Waals surface area contributed by atoms with Crippen LogP contribution in [-0.4, -0.2) is 25.6 Å². The molecular formula is C23H21F3N4O3S. The predicted molar refractivity (Wildman–Crippen MR) is 121 cm³/mol. The number of aromatic nitrogens is 4. The van der Waals surface area contributed by atoms with Gasteiger partial charge in [-0.25, -0.2) is 13.8 Å². The van der Waals surface area contributed by atoms with Crippen molar-refractivity contribution >= 4 is 18.0 Å². The number of carbonyl (C=O) groups is 1. The van der Waals surface area contributed by atoms with Crippen LogP contribution >= 0.6 is 11.5 Å². The van der Waals surface area contributed by atoms with E-state index >= 15 is 0 Å². The van der Waals surface area contributed by atoms with Crippen molar-refractivity contribution in [3.63, 3.8) is 0 Å². The molecule has 0 atom stereocenters. The van der Waals surface area contributed by atoms with Crippen LogP contribution in [0.3, 0.4) is 0 Å². The van der Waals surface area contributed by atoms with Gasteiger partial charge in [0, 0.05) is 29.6 Å². The van der Waals surface area contributed by atoms with Crippen LogP contribution in [0.15, 0.2) is 54.7 Å². The van der Waals surface area contributed by atoms with E-state index in [1.54, 1.807) is 23.0 Å². The average Bonchev–Trinajstić information content (AvgIpc) is 3.44. The monoisotopic (exact) mass is 490 g/mol. The van der Waals surface area contributed by atoms with E-state index in [-0.39, 0.29) is 18.6 Å². The van der Waals surface area contributed by atoms with Gasteiger partial charge >= 0.3 is 6.47 Å². The van der Waals surface area contributed by atoms with Gasteiger partial charge in [-0.3, -0.25) is 14.4 Å².